The SMILES string of the molecule is C#Cc1cc(Cl)cc(CO)c1. The van der Waals surface area contributed by atoms with Crippen LogP contribution in [0.3, 0.4) is 0 Å². The van der Waals surface area contributed by atoms with E-state index in [1.54, 1.807) is 18.2 Å². The molecule has 0 radical (unpaired) electrons. The average Bonchev–Trinajstić information content (AvgIpc) is 2.03. The molecule has 0 saturated carbocycles. The van der Waals surface area contributed by atoms with E-state index in [0.717, 1.165) is 5.56 Å². The number of terminal acetylenes is 1. The fraction of sp³-hybridized carbons (Fsp3) is 0.111. The van der Waals surface area contributed by atoms with Gasteiger partial charge in [0.25, 0.3) is 0 Å². The van der Waals surface area contributed by atoms with Crippen molar-refractivity contribution in [2.45, 2.75) is 6.61 Å². The summed E-state index contributed by atoms with van der Waals surface area (Å²) >= 11 is 5.70. The first-order chi connectivity index (χ1) is 5.26. The summed E-state index contributed by atoms with van der Waals surface area (Å²) in [6.07, 6.45) is 5.15. The molecule has 0 aliphatic carbocycles. The molecule has 1 rings (SSSR count). The zero-order valence-corrected chi connectivity index (χ0v) is 6.60. The Labute approximate surface area is 70.6 Å². The van der Waals surface area contributed by atoms with Crippen molar-refractivity contribution in [3.8, 4) is 12.3 Å². The number of halogens is 1. The molecule has 11 heavy (non-hydrogen) atoms. The number of aliphatic hydroxyl groups is 1. The third-order valence-electron chi connectivity index (χ3n) is 1.31. The van der Waals surface area contributed by atoms with Crippen molar-refractivity contribution in [1.29, 1.82) is 0 Å². The molecule has 0 aliphatic rings. The van der Waals surface area contributed by atoms with Crippen LogP contribution in [0.15, 0.2) is 18.2 Å². The fourth-order valence-corrected chi connectivity index (χ4v) is 1.08. The maximum Gasteiger partial charge on any atom is 0.0682 e. The number of benzene rings is 1. The van der Waals surface area contributed by atoms with Crippen molar-refractivity contribution < 1.29 is 5.11 Å². The van der Waals surface area contributed by atoms with Crippen molar-refractivity contribution >= 4 is 11.6 Å². The molecule has 0 fully saturated rings. The lowest BCUT2D eigenvalue weighted by atomic mass is 10.1. The van der Waals surface area contributed by atoms with Crippen LogP contribution in [0.5, 0.6) is 0 Å². The van der Waals surface area contributed by atoms with E-state index in [2.05, 4.69) is 5.92 Å². The molecule has 1 aromatic carbocycles. The summed E-state index contributed by atoms with van der Waals surface area (Å²) in [5.41, 5.74) is 1.44. The fourth-order valence-electron chi connectivity index (χ4n) is 0.825. The van der Waals surface area contributed by atoms with Crippen molar-refractivity contribution in [1.82, 2.24) is 0 Å². The summed E-state index contributed by atoms with van der Waals surface area (Å²) < 4.78 is 0. The van der Waals surface area contributed by atoms with Gasteiger partial charge in [-0.15, -0.1) is 6.42 Å². The Balaban J connectivity index is 3.15. The highest BCUT2D eigenvalue weighted by atomic mass is 35.5. The summed E-state index contributed by atoms with van der Waals surface area (Å²) in [6.45, 7) is -0.0325. The Hall–Kier alpha value is -0.970. The molecule has 2 heteroatoms. The van der Waals surface area contributed by atoms with Gasteiger partial charge in [-0.1, -0.05) is 17.5 Å². The molecule has 1 N–H and O–H groups in total. The van der Waals surface area contributed by atoms with Crippen LogP contribution in [0, 0.1) is 12.3 Å². The van der Waals surface area contributed by atoms with Gasteiger partial charge in [-0.2, -0.15) is 0 Å². The largest absolute Gasteiger partial charge is 0.392 e. The highest BCUT2D eigenvalue weighted by Gasteiger charge is 1.95. The molecule has 0 atom stereocenters. The van der Waals surface area contributed by atoms with E-state index in [-0.39, 0.29) is 6.61 Å². The standard InChI is InChI=1S/C9H7ClO/c1-2-7-3-8(6-11)5-9(10)4-7/h1,3-5,11H,6H2. The predicted octanol–water partition coefficient (Wildman–Crippen LogP) is 1.81. The number of hydrogen-bond donors (Lipinski definition) is 1. The maximum absolute atomic E-state index is 8.75. The van der Waals surface area contributed by atoms with Crippen LogP contribution in [0.2, 0.25) is 5.02 Å². The number of hydrogen-bond acceptors (Lipinski definition) is 1. The van der Waals surface area contributed by atoms with Gasteiger partial charge in [-0.25, -0.2) is 0 Å². The summed E-state index contributed by atoms with van der Waals surface area (Å²) in [6, 6.07) is 5.09. The van der Waals surface area contributed by atoms with Gasteiger partial charge in [0.05, 0.1) is 6.61 Å². The molecule has 0 amide bonds. The lowest BCUT2D eigenvalue weighted by Crippen LogP contribution is -1.84. The minimum absolute atomic E-state index is 0.0325. The molecule has 0 aromatic heterocycles. The Kier molecular flexibility index (Phi) is 2.53. The van der Waals surface area contributed by atoms with E-state index < -0.39 is 0 Å². The second-order valence-corrected chi connectivity index (χ2v) is 2.59. The van der Waals surface area contributed by atoms with Crippen LogP contribution in [0.4, 0.5) is 0 Å². The Morgan fingerprint density at radius 2 is 2.18 bits per heavy atom. The van der Waals surface area contributed by atoms with E-state index >= 15 is 0 Å². The normalized spacial score (nSPS) is 9.18. The van der Waals surface area contributed by atoms with Gasteiger partial charge < -0.3 is 5.11 Å². The smallest absolute Gasteiger partial charge is 0.0682 e. The molecule has 0 aliphatic heterocycles. The van der Waals surface area contributed by atoms with Crippen molar-refractivity contribution in [3.05, 3.63) is 34.3 Å². The first kappa shape index (κ1) is 8.13. The molecule has 56 valence electrons. The molecule has 0 spiro atoms. The maximum atomic E-state index is 8.75. The van der Waals surface area contributed by atoms with E-state index in [1.165, 1.54) is 0 Å². The average molecular weight is 167 g/mol. The Morgan fingerprint density at radius 1 is 1.45 bits per heavy atom. The monoisotopic (exact) mass is 166 g/mol. The quantitative estimate of drug-likeness (QED) is 0.631. The molecule has 0 unspecified atom stereocenters. The van der Waals surface area contributed by atoms with E-state index in [9.17, 15) is 0 Å². The van der Waals surface area contributed by atoms with Crippen LogP contribution in [0.25, 0.3) is 0 Å². The minimum Gasteiger partial charge on any atom is -0.392 e. The Morgan fingerprint density at radius 3 is 2.73 bits per heavy atom. The van der Waals surface area contributed by atoms with Crippen LogP contribution < -0.4 is 0 Å². The first-order valence-electron chi connectivity index (χ1n) is 3.13. The summed E-state index contributed by atoms with van der Waals surface area (Å²) in [5.74, 6) is 2.45. The Bertz CT molecular complexity index is 299. The van der Waals surface area contributed by atoms with Gasteiger partial charge in [0.2, 0.25) is 0 Å². The van der Waals surface area contributed by atoms with Gasteiger partial charge in [0, 0.05) is 10.6 Å². The van der Waals surface area contributed by atoms with Gasteiger partial charge in [0.15, 0.2) is 0 Å². The van der Waals surface area contributed by atoms with Crippen LogP contribution in [-0.4, -0.2) is 5.11 Å². The summed E-state index contributed by atoms with van der Waals surface area (Å²) in [4.78, 5) is 0. The summed E-state index contributed by atoms with van der Waals surface area (Å²) in [7, 11) is 0. The molecule has 0 heterocycles. The molecule has 1 nitrogen and oxygen atoms in total. The number of aliphatic hydroxyl groups excluding tert-OH is 1. The lowest BCUT2D eigenvalue weighted by Gasteiger charge is -1.97. The molecular formula is C9H7ClO. The third-order valence-corrected chi connectivity index (χ3v) is 1.53. The highest BCUT2D eigenvalue weighted by molar-refractivity contribution is 6.30. The molecular weight excluding hydrogens is 160 g/mol. The second kappa shape index (κ2) is 3.43. The van der Waals surface area contributed by atoms with Crippen molar-refractivity contribution in [2.24, 2.45) is 0 Å². The van der Waals surface area contributed by atoms with Gasteiger partial charge in [-0.3, -0.25) is 0 Å². The second-order valence-electron chi connectivity index (χ2n) is 2.15. The zero-order valence-electron chi connectivity index (χ0n) is 5.84. The van der Waals surface area contributed by atoms with E-state index in [0.29, 0.717) is 10.6 Å². The van der Waals surface area contributed by atoms with E-state index in [4.69, 9.17) is 23.1 Å². The molecule has 0 saturated heterocycles. The lowest BCUT2D eigenvalue weighted by molar-refractivity contribution is 0.282. The van der Waals surface area contributed by atoms with E-state index in [1.807, 2.05) is 0 Å². The molecule has 0 bridgehead atoms. The topological polar surface area (TPSA) is 20.2 Å². The van der Waals surface area contributed by atoms with Gasteiger partial charge >= 0.3 is 0 Å². The van der Waals surface area contributed by atoms with Crippen molar-refractivity contribution in [3.63, 3.8) is 0 Å². The first-order valence-corrected chi connectivity index (χ1v) is 3.51. The minimum atomic E-state index is -0.0325. The van der Waals surface area contributed by atoms with Gasteiger partial charge in [-0.05, 0) is 23.8 Å². The van der Waals surface area contributed by atoms with Crippen LogP contribution >= 0.6 is 11.6 Å². The third kappa shape index (κ3) is 1.98. The zero-order chi connectivity index (χ0) is 8.27. The number of rotatable bonds is 1. The highest BCUT2D eigenvalue weighted by Crippen LogP contribution is 2.14. The predicted molar refractivity (Wildman–Crippen MR) is 45.3 cm³/mol. The van der Waals surface area contributed by atoms with Crippen LogP contribution in [-0.2, 0) is 6.61 Å². The molecule has 1 aromatic rings. The van der Waals surface area contributed by atoms with Gasteiger partial charge in [0.1, 0.15) is 0 Å². The summed E-state index contributed by atoms with van der Waals surface area (Å²) in [5, 5.41) is 9.31. The van der Waals surface area contributed by atoms with Crippen molar-refractivity contribution in [2.75, 3.05) is 0 Å². The van der Waals surface area contributed by atoms with Crippen LogP contribution in [0.1, 0.15) is 11.1 Å².